The Kier molecular flexibility index (Phi) is 10.5. The van der Waals surface area contributed by atoms with Crippen molar-refractivity contribution < 1.29 is 4.74 Å². The molecule has 0 aromatic heterocycles. The minimum atomic E-state index is 0. The molecule has 1 aliphatic heterocycles. The molecule has 2 aliphatic rings. The van der Waals surface area contributed by atoms with E-state index in [-0.39, 0.29) is 30.1 Å². The van der Waals surface area contributed by atoms with Crippen molar-refractivity contribution in [1.82, 2.24) is 15.1 Å². The molecule has 0 amide bonds. The van der Waals surface area contributed by atoms with E-state index in [4.69, 9.17) is 4.74 Å². The third-order valence-corrected chi connectivity index (χ3v) is 5.28. The average Bonchev–Trinajstić information content (AvgIpc) is 2.96. The molecular formula is C18H37IN4O. The molecule has 2 fully saturated rings. The molecule has 1 heterocycles. The van der Waals surface area contributed by atoms with Crippen LogP contribution in [0.1, 0.15) is 39.0 Å². The first kappa shape index (κ1) is 22.0. The van der Waals surface area contributed by atoms with Crippen molar-refractivity contribution in [2.24, 2.45) is 16.8 Å². The third-order valence-electron chi connectivity index (χ3n) is 5.28. The van der Waals surface area contributed by atoms with Gasteiger partial charge in [0.15, 0.2) is 5.96 Å². The topological polar surface area (TPSA) is 40.1 Å². The standard InChI is InChI=1S/C18H36N4O.HI/c1-5-23-17(10-11-21(3)4)12-20-18(19-2)22-13-15-8-6-7-9-16(15)14-22;/h15-17H,5-14H2,1-4H3,(H,19,20);1H. The van der Waals surface area contributed by atoms with Gasteiger partial charge in [0, 0.05) is 39.8 Å². The Balaban J connectivity index is 0.00000288. The second-order valence-electron chi connectivity index (χ2n) is 7.31. The molecule has 0 spiro atoms. The van der Waals surface area contributed by atoms with Gasteiger partial charge in [0.1, 0.15) is 0 Å². The number of rotatable bonds is 7. The molecule has 0 aromatic rings. The Morgan fingerprint density at radius 1 is 1.25 bits per heavy atom. The van der Waals surface area contributed by atoms with E-state index in [0.717, 1.165) is 43.9 Å². The Morgan fingerprint density at radius 2 is 1.88 bits per heavy atom. The molecule has 0 aromatic carbocycles. The van der Waals surface area contributed by atoms with Crippen molar-refractivity contribution in [3.8, 4) is 0 Å². The predicted octanol–water partition coefficient (Wildman–Crippen LogP) is 2.66. The quantitative estimate of drug-likeness (QED) is 0.366. The third kappa shape index (κ3) is 6.67. The summed E-state index contributed by atoms with van der Waals surface area (Å²) in [5.74, 6) is 2.84. The fraction of sp³-hybridized carbons (Fsp3) is 0.944. The summed E-state index contributed by atoms with van der Waals surface area (Å²) in [6, 6.07) is 0. The van der Waals surface area contributed by atoms with Crippen LogP contribution in [0.25, 0.3) is 0 Å². The van der Waals surface area contributed by atoms with E-state index in [2.05, 4.69) is 41.1 Å². The maximum absolute atomic E-state index is 5.88. The molecule has 0 radical (unpaired) electrons. The van der Waals surface area contributed by atoms with E-state index in [0.29, 0.717) is 0 Å². The summed E-state index contributed by atoms with van der Waals surface area (Å²) in [6.45, 7) is 7.11. The molecule has 1 aliphatic carbocycles. The van der Waals surface area contributed by atoms with Gasteiger partial charge in [-0.25, -0.2) is 0 Å². The van der Waals surface area contributed by atoms with Gasteiger partial charge in [-0.2, -0.15) is 0 Å². The van der Waals surface area contributed by atoms with Gasteiger partial charge in [-0.3, -0.25) is 4.99 Å². The average molecular weight is 452 g/mol. The van der Waals surface area contributed by atoms with Crippen LogP contribution in [-0.2, 0) is 4.74 Å². The summed E-state index contributed by atoms with van der Waals surface area (Å²) >= 11 is 0. The number of halogens is 1. The molecule has 6 heteroatoms. The van der Waals surface area contributed by atoms with E-state index in [9.17, 15) is 0 Å². The van der Waals surface area contributed by atoms with Crippen LogP contribution in [0.5, 0.6) is 0 Å². The van der Waals surface area contributed by atoms with Crippen molar-refractivity contribution in [2.75, 3.05) is 53.9 Å². The molecule has 3 atom stereocenters. The van der Waals surface area contributed by atoms with E-state index >= 15 is 0 Å². The molecule has 2 rings (SSSR count). The fourth-order valence-corrected chi connectivity index (χ4v) is 4.00. The lowest BCUT2D eigenvalue weighted by molar-refractivity contribution is 0.0544. The lowest BCUT2D eigenvalue weighted by Crippen LogP contribution is -2.44. The minimum absolute atomic E-state index is 0. The van der Waals surface area contributed by atoms with Crippen molar-refractivity contribution >= 4 is 29.9 Å². The SMILES string of the molecule is CCOC(CCN(C)C)CNC(=NC)N1CC2CCCCC2C1.I. The van der Waals surface area contributed by atoms with Crippen molar-refractivity contribution in [3.05, 3.63) is 0 Å². The first-order valence-electron chi connectivity index (χ1n) is 9.36. The largest absolute Gasteiger partial charge is 0.377 e. The molecule has 142 valence electrons. The van der Waals surface area contributed by atoms with Gasteiger partial charge in [-0.15, -0.1) is 24.0 Å². The maximum atomic E-state index is 5.88. The van der Waals surface area contributed by atoms with E-state index in [1.54, 1.807) is 0 Å². The zero-order valence-electron chi connectivity index (χ0n) is 16.0. The number of hydrogen-bond donors (Lipinski definition) is 1. The zero-order chi connectivity index (χ0) is 16.7. The summed E-state index contributed by atoms with van der Waals surface area (Å²) < 4.78 is 5.88. The highest BCUT2D eigenvalue weighted by molar-refractivity contribution is 14.0. The first-order valence-corrected chi connectivity index (χ1v) is 9.36. The highest BCUT2D eigenvalue weighted by atomic mass is 127. The summed E-state index contributed by atoms with van der Waals surface area (Å²) in [7, 11) is 6.13. The molecule has 5 nitrogen and oxygen atoms in total. The molecule has 24 heavy (non-hydrogen) atoms. The molecule has 1 saturated carbocycles. The van der Waals surface area contributed by atoms with Crippen molar-refractivity contribution in [3.63, 3.8) is 0 Å². The van der Waals surface area contributed by atoms with Crippen LogP contribution in [0.15, 0.2) is 4.99 Å². The van der Waals surface area contributed by atoms with E-state index in [1.807, 2.05) is 7.05 Å². The Bertz CT molecular complexity index is 364. The maximum Gasteiger partial charge on any atom is 0.193 e. The van der Waals surface area contributed by atoms with Crippen LogP contribution in [0.4, 0.5) is 0 Å². The lowest BCUT2D eigenvalue weighted by Gasteiger charge is -2.25. The Labute approximate surface area is 165 Å². The second kappa shape index (κ2) is 11.5. The van der Waals surface area contributed by atoms with Crippen LogP contribution in [-0.4, -0.2) is 75.8 Å². The van der Waals surface area contributed by atoms with Gasteiger partial charge in [0.05, 0.1) is 6.10 Å². The number of likely N-dealkylation sites (tertiary alicyclic amines) is 1. The smallest absolute Gasteiger partial charge is 0.193 e. The van der Waals surface area contributed by atoms with Crippen molar-refractivity contribution in [1.29, 1.82) is 0 Å². The van der Waals surface area contributed by atoms with Crippen molar-refractivity contribution in [2.45, 2.75) is 45.1 Å². The molecule has 1 saturated heterocycles. The van der Waals surface area contributed by atoms with Gasteiger partial charge in [0.25, 0.3) is 0 Å². The number of hydrogen-bond acceptors (Lipinski definition) is 3. The fourth-order valence-electron chi connectivity index (χ4n) is 4.00. The summed E-state index contributed by atoms with van der Waals surface area (Å²) in [5.41, 5.74) is 0. The number of nitrogens with one attached hydrogen (secondary N) is 1. The minimum Gasteiger partial charge on any atom is -0.377 e. The number of guanidine groups is 1. The normalized spacial score (nSPS) is 25.4. The molecule has 3 unspecified atom stereocenters. The number of fused-ring (bicyclic) bond motifs is 1. The summed E-state index contributed by atoms with van der Waals surface area (Å²) in [4.78, 5) is 9.20. The van der Waals surface area contributed by atoms with Gasteiger partial charge < -0.3 is 19.9 Å². The Hall–Kier alpha value is -0.0800. The number of nitrogens with zero attached hydrogens (tertiary/aromatic N) is 3. The monoisotopic (exact) mass is 452 g/mol. The number of aliphatic imine (C=N–C) groups is 1. The van der Waals surface area contributed by atoms with Gasteiger partial charge >= 0.3 is 0 Å². The van der Waals surface area contributed by atoms with Crippen LogP contribution in [0.2, 0.25) is 0 Å². The van der Waals surface area contributed by atoms with Crippen LogP contribution in [0, 0.1) is 11.8 Å². The van der Waals surface area contributed by atoms with Gasteiger partial charge in [-0.1, -0.05) is 12.8 Å². The van der Waals surface area contributed by atoms with Crippen LogP contribution < -0.4 is 5.32 Å². The molecule has 1 N–H and O–H groups in total. The van der Waals surface area contributed by atoms with Crippen LogP contribution in [0.3, 0.4) is 0 Å². The van der Waals surface area contributed by atoms with E-state index < -0.39 is 0 Å². The van der Waals surface area contributed by atoms with Gasteiger partial charge in [0.2, 0.25) is 0 Å². The number of ether oxygens (including phenoxy) is 1. The van der Waals surface area contributed by atoms with Gasteiger partial charge in [-0.05, 0) is 52.1 Å². The highest BCUT2D eigenvalue weighted by Gasteiger charge is 2.35. The lowest BCUT2D eigenvalue weighted by atomic mass is 9.82. The van der Waals surface area contributed by atoms with Crippen LogP contribution >= 0.6 is 24.0 Å². The summed E-state index contributed by atoms with van der Waals surface area (Å²) in [5, 5.41) is 3.56. The van der Waals surface area contributed by atoms with E-state index in [1.165, 1.54) is 38.8 Å². The summed E-state index contributed by atoms with van der Waals surface area (Å²) in [6.07, 6.45) is 6.95. The molecule has 0 bridgehead atoms. The highest BCUT2D eigenvalue weighted by Crippen LogP contribution is 2.35. The zero-order valence-corrected chi connectivity index (χ0v) is 18.3. The second-order valence-corrected chi connectivity index (χ2v) is 7.31. The predicted molar refractivity (Wildman–Crippen MR) is 112 cm³/mol. The first-order chi connectivity index (χ1) is 11.1. The molecular weight excluding hydrogens is 415 g/mol. The Morgan fingerprint density at radius 3 is 2.38 bits per heavy atom.